The number of rotatable bonds is 13. The van der Waals surface area contributed by atoms with Gasteiger partial charge in [0.2, 0.25) is 24.6 Å². The molecule has 9 heterocycles. The van der Waals surface area contributed by atoms with Crippen LogP contribution in [-0.4, -0.2) is 105 Å². The fourth-order valence-corrected chi connectivity index (χ4v) is 12.7. The summed E-state index contributed by atoms with van der Waals surface area (Å²) in [6.07, 6.45) is 10.8. The van der Waals surface area contributed by atoms with Crippen LogP contribution < -0.4 is 40.4 Å². The third kappa shape index (κ3) is 18.4. The number of anilines is 5. The Morgan fingerprint density at radius 1 is 0.720 bits per heavy atom. The lowest BCUT2D eigenvalue weighted by molar-refractivity contribution is -0.383. The first-order valence-electron chi connectivity index (χ1n) is 34.7. The average Bonchev–Trinajstić information content (AvgIpc) is 1.66. The Labute approximate surface area is 614 Å². The van der Waals surface area contributed by atoms with Crippen LogP contribution in [0.1, 0.15) is 107 Å². The number of amides is 2. The molecule has 2 amide bonds. The Kier molecular flexibility index (Phi) is 23.3. The van der Waals surface area contributed by atoms with Crippen molar-refractivity contribution in [2.45, 2.75) is 90.9 Å². The smallest absolute Gasteiger partial charge is 0.410 e. The number of nitro groups is 1. The summed E-state index contributed by atoms with van der Waals surface area (Å²) in [5.41, 5.74) is 13.7. The number of aromatic nitrogens is 10. The summed E-state index contributed by atoms with van der Waals surface area (Å²) in [7, 11) is 1.50. The van der Waals surface area contributed by atoms with Gasteiger partial charge in [-0.15, -0.1) is 0 Å². The Morgan fingerprint density at radius 3 is 1.93 bits per heavy atom. The molecule has 3 unspecified atom stereocenters. The molecule has 7 aromatic carbocycles. The number of nitro benzene ring substituents is 1. The van der Waals surface area contributed by atoms with Crippen molar-refractivity contribution in [1.82, 2.24) is 48.8 Å². The van der Waals surface area contributed by atoms with Gasteiger partial charge in [0.25, 0.3) is 11.6 Å². The van der Waals surface area contributed by atoms with Gasteiger partial charge in [-0.05, 0) is 125 Å². The predicted molar refractivity (Wildman–Crippen MR) is 401 cm³/mol. The third-order valence-corrected chi connectivity index (χ3v) is 18.0. The normalized spacial score (nSPS) is 15.3. The molecule has 12 aromatic rings. The number of hydrogen-bond acceptors (Lipinski definition) is 17. The van der Waals surface area contributed by atoms with Crippen LogP contribution in [0.3, 0.4) is 0 Å². The Morgan fingerprint density at radius 2 is 1.36 bits per heavy atom. The average molecular weight is 1450 g/mol. The van der Waals surface area contributed by atoms with E-state index in [9.17, 15) is 37.3 Å². The highest BCUT2D eigenvalue weighted by Crippen LogP contribution is 2.47. The molecule has 16 rings (SSSR count). The first-order valence-corrected chi connectivity index (χ1v) is 34.7. The maximum atomic E-state index is 13.8. The number of fused-ring (bicyclic) bond motifs is 3. The largest absolute Gasteiger partial charge is 0.496 e. The van der Waals surface area contributed by atoms with Crippen LogP contribution in [0, 0.1) is 43.6 Å². The van der Waals surface area contributed by atoms with E-state index in [0.29, 0.717) is 53.3 Å². The van der Waals surface area contributed by atoms with E-state index >= 15 is 0 Å². The van der Waals surface area contributed by atoms with Gasteiger partial charge >= 0.3 is 6.18 Å². The minimum Gasteiger partial charge on any atom is -0.496 e. The van der Waals surface area contributed by atoms with Crippen LogP contribution in [0.4, 0.5) is 51.8 Å². The van der Waals surface area contributed by atoms with Crippen LogP contribution in [0.2, 0.25) is 0 Å². The minimum atomic E-state index is -4.58. The Hall–Kier alpha value is -12.8. The fourth-order valence-electron chi connectivity index (χ4n) is 12.7. The second kappa shape index (κ2) is 33.8. The monoisotopic (exact) mass is 1450 g/mol. The standard InChI is InChI=1S/C22H20F4N4O2.C17H15NO3.2C14H12N4.C13H19N3O2/c1-12-3-8-15(9-18(12)32-2)28-21(31)16-11-27-30-19(22(24,25)26)10-17(29-20(16)30)13-4-6-14(23)7-5-13;1-10-3-2-4-11(5-10)12-7-17(19)18-14-8-16-15(6-13(12)14)20-9-21-16;2*1-11-9-13(12-5-3-2-4-6-12)17-14(16-11)18-8-7-15-10-18;1-2-14-12-10-11(6-7-13(12)16(17)18)15-8-4-3-5-9-15/h3-9,11,17,19,29H,10H2,1-2H3,(H,28,31);2-6,8,12H,7,9H2,1H3,(H,18,19);2*2-10H,1H3;6-7,10,14H,2-5,8-9H2,1H3. The molecule has 27 heteroatoms. The lowest BCUT2D eigenvalue weighted by Crippen LogP contribution is -2.36. The van der Waals surface area contributed by atoms with Gasteiger partial charge in [0, 0.05) is 121 Å². The zero-order valence-electron chi connectivity index (χ0n) is 59.5. The number of piperidine rings is 1. The first kappa shape index (κ1) is 73.9. The molecule has 5 aromatic heterocycles. The molecule has 0 aliphatic carbocycles. The quantitative estimate of drug-likeness (QED) is 0.0475. The molecule has 1 saturated heterocycles. The molecular weight excluding hydrogens is 1370 g/mol. The maximum Gasteiger partial charge on any atom is 0.410 e. The first-order chi connectivity index (χ1) is 51.7. The number of halogens is 4. The molecule has 23 nitrogen and oxygen atoms in total. The summed E-state index contributed by atoms with van der Waals surface area (Å²) >= 11 is 0. The minimum absolute atomic E-state index is 0.0351. The van der Waals surface area contributed by atoms with E-state index in [1.165, 1.54) is 56.2 Å². The van der Waals surface area contributed by atoms with Crippen molar-refractivity contribution in [2.24, 2.45) is 0 Å². The van der Waals surface area contributed by atoms with Gasteiger partial charge in [0.15, 0.2) is 17.5 Å². The molecule has 0 radical (unpaired) electrons. The molecule has 0 bridgehead atoms. The van der Waals surface area contributed by atoms with E-state index in [2.05, 4.69) is 86.3 Å². The highest BCUT2D eigenvalue weighted by Gasteiger charge is 2.47. The molecule has 4 N–H and O–H groups in total. The second-order valence-electron chi connectivity index (χ2n) is 25.6. The molecular formula is C80H78F4N16O7. The molecule has 107 heavy (non-hydrogen) atoms. The van der Waals surface area contributed by atoms with Crippen molar-refractivity contribution in [3.8, 4) is 51.7 Å². The molecule has 4 aliphatic rings. The molecule has 3 atom stereocenters. The molecule has 0 spiro atoms. The van der Waals surface area contributed by atoms with Crippen molar-refractivity contribution in [3.05, 3.63) is 274 Å². The number of carbonyl (C=O) groups excluding carboxylic acids is 2. The van der Waals surface area contributed by atoms with Crippen LogP contribution in [0.25, 0.3) is 34.4 Å². The van der Waals surface area contributed by atoms with Crippen LogP contribution in [-0.2, 0) is 4.79 Å². The molecule has 4 aliphatic heterocycles. The molecule has 0 saturated carbocycles. The summed E-state index contributed by atoms with van der Waals surface area (Å²) in [5, 5.41) is 26.4. The SMILES string of the molecule is CCNc1cc(N2CCCCC2)ccc1[N+](=O)[O-].COc1cc(NC(=O)c2cnn3c2NC(c2ccc(F)cc2)CC3C(F)(F)F)ccc1C.Cc1cc(-c2ccccc2)nc(-n2ccnc2)n1.Cc1cc(-c2ccccc2)nc(-n2ccnc2)n1.Cc1cccc(C2CC(=O)Nc3cc4c(cc32)OCO4)c1. The highest BCUT2D eigenvalue weighted by atomic mass is 19.4. The maximum absolute atomic E-state index is 13.8. The van der Waals surface area contributed by atoms with Gasteiger partial charge in [-0.1, -0.05) is 109 Å². The number of methoxy groups -OCH3 is 1. The highest BCUT2D eigenvalue weighted by molar-refractivity contribution is 6.07. The van der Waals surface area contributed by atoms with Crippen LogP contribution in [0.15, 0.2) is 213 Å². The van der Waals surface area contributed by atoms with E-state index in [-0.39, 0.29) is 47.0 Å². The zero-order valence-corrected chi connectivity index (χ0v) is 59.5. The van der Waals surface area contributed by atoms with Gasteiger partial charge in [-0.25, -0.2) is 39.0 Å². The number of imidazole rings is 2. The van der Waals surface area contributed by atoms with Crippen LogP contribution >= 0.6 is 0 Å². The van der Waals surface area contributed by atoms with E-state index < -0.39 is 30.0 Å². The summed E-state index contributed by atoms with van der Waals surface area (Å²) in [6, 6.07) is 49.2. The van der Waals surface area contributed by atoms with Gasteiger partial charge in [-0.3, -0.25) is 28.8 Å². The lowest BCUT2D eigenvalue weighted by atomic mass is 9.84. The fraction of sp³-hybridized carbons (Fsp3) is 0.237. The van der Waals surface area contributed by atoms with Crippen molar-refractivity contribution in [2.75, 3.05) is 59.7 Å². The van der Waals surface area contributed by atoms with Gasteiger partial charge < -0.3 is 40.4 Å². The number of alkyl halides is 3. The van der Waals surface area contributed by atoms with Gasteiger partial charge in [0.05, 0.1) is 35.7 Å². The molecule has 548 valence electrons. The van der Waals surface area contributed by atoms with Crippen molar-refractivity contribution < 1.29 is 46.3 Å². The van der Waals surface area contributed by atoms with Crippen molar-refractivity contribution in [3.63, 3.8) is 0 Å². The number of ether oxygens (including phenoxy) is 3. The number of nitrogens with zero attached hydrogens (tertiary/aromatic N) is 12. The van der Waals surface area contributed by atoms with E-state index in [4.69, 9.17) is 14.2 Å². The number of carbonyl (C=O) groups is 2. The lowest BCUT2D eigenvalue weighted by Gasteiger charge is -2.34. The van der Waals surface area contributed by atoms with E-state index in [0.717, 1.165) is 91.7 Å². The van der Waals surface area contributed by atoms with E-state index in [1.54, 1.807) is 58.4 Å². The third-order valence-electron chi connectivity index (χ3n) is 18.0. The summed E-state index contributed by atoms with van der Waals surface area (Å²) in [5.74, 6) is 2.23. The second-order valence-corrected chi connectivity index (χ2v) is 25.6. The molecule has 1 fully saturated rings. The van der Waals surface area contributed by atoms with Crippen molar-refractivity contribution >= 4 is 46.1 Å². The topological polar surface area (TPSA) is 261 Å². The number of hydrogen-bond donors (Lipinski definition) is 4. The Bertz CT molecular complexity index is 4920. The Balaban J connectivity index is 0.000000128. The predicted octanol–water partition coefficient (Wildman–Crippen LogP) is 16.7. The number of nitrogens with one attached hydrogen (secondary N) is 4. The summed E-state index contributed by atoms with van der Waals surface area (Å²) in [6.45, 7) is 12.8. The zero-order chi connectivity index (χ0) is 75.1. The van der Waals surface area contributed by atoms with Gasteiger partial charge in [0.1, 0.15) is 41.3 Å². The van der Waals surface area contributed by atoms with Gasteiger partial charge in [-0.2, -0.15) is 18.3 Å². The summed E-state index contributed by atoms with van der Waals surface area (Å²) < 4.78 is 75.1. The van der Waals surface area contributed by atoms with Crippen LogP contribution in [0.5, 0.6) is 17.2 Å². The van der Waals surface area contributed by atoms with Crippen molar-refractivity contribution in [1.29, 1.82) is 0 Å². The number of benzene rings is 7. The van der Waals surface area contributed by atoms with E-state index in [1.807, 2.05) is 143 Å². The number of aryl methyl sites for hydroxylation is 4. The summed E-state index contributed by atoms with van der Waals surface area (Å²) in [4.78, 5) is 63.8.